The SMILES string of the molecule is CN1CC2CC3CCCC3C1C2. The Labute approximate surface area is 75.1 Å². The number of hydrogen-bond acceptors (Lipinski definition) is 1. The Morgan fingerprint density at radius 3 is 3.00 bits per heavy atom. The summed E-state index contributed by atoms with van der Waals surface area (Å²) in [5, 5.41) is 0. The Morgan fingerprint density at radius 1 is 1.17 bits per heavy atom. The van der Waals surface area contributed by atoms with Gasteiger partial charge in [-0.3, -0.25) is 0 Å². The summed E-state index contributed by atoms with van der Waals surface area (Å²) in [4.78, 5) is 2.64. The van der Waals surface area contributed by atoms with Gasteiger partial charge in [-0.15, -0.1) is 0 Å². The van der Waals surface area contributed by atoms with Crippen LogP contribution in [0.4, 0.5) is 0 Å². The minimum absolute atomic E-state index is 0.983. The molecule has 1 nitrogen and oxygen atoms in total. The van der Waals surface area contributed by atoms with Gasteiger partial charge in [0.05, 0.1) is 0 Å². The lowest BCUT2D eigenvalue weighted by Crippen LogP contribution is -2.34. The van der Waals surface area contributed by atoms with Crippen LogP contribution in [0.5, 0.6) is 0 Å². The Kier molecular flexibility index (Phi) is 1.52. The van der Waals surface area contributed by atoms with E-state index in [0.717, 1.165) is 23.8 Å². The Balaban J connectivity index is 1.86. The second kappa shape index (κ2) is 2.47. The summed E-state index contributed by atoms with van der Waals surface area (Å²) in [7, 11) is 2.34. The molecule has 4 atom stereocenters. The summed E-state index contributed by atoms with van der Waals surface area (Å²) in [5.41, 5.74) is 0. The highest BCUT2D eigenvalue weighted by molar-refractivity contribution is 4.99. The fourth-order valence-electron chi connectivity index (χ4n) is 4.10. The van der Waals surface area contributed by atoms with Crippen molar-refractivity contribution >= 4 is 0 Å². The molecule has 1 saturated heterocycles. The molecule has 3 aliphatic rings. The second-order valence-corrected chi connectivity index (χ2v) is 5.20. The van der Waals surface area contributed by atoms with Crippen molar-refractivity contribution in [3.63, 3.8) is 0 Å². The van der Waals surface area contributed by atoms with Crippen LogP contribution in [0.3, 0.4) is 0 Å². The quantitative estimate of drug-likeness (QED) is 0.531. The van der Waals surface area contributed by atoms with Gasteiger partial charge in [0.25, 0.3) is 0 Å². The molecule has 2 bridgehead atoms. The third kappa shape index (κ3) is 0.891. The molecule has 0 N–H and O–H groups in total. The number of likely N-dealkylation sites (tertiary alicyclic amines) is 1. The molecule has 2 saturated carbocycles. The van der Waals surface area contributed by atoms with Gasteiger partial charge in [0, 0.05) is 12.6 Å². The molecule has 0 radical (unpaired) electrons. The highest BCUT2D eigenvalue weighted by Gasteiger charge is 2.46. The van der Waals surface area contributed by atoms with E-state index in [1.54, 1.807) is 12.8 Å². The van der Waals surface area contributed by atoms with Crippen LogP contribution in [-0.2, 0) is 0 Å². The van der Waals surface area contributed by atoms with Crippen LogP contribution in [0.15, 0.2) is 0 Å². The molecule has 1 heterocycles. The molecule has 12 heavy (non-hydrogen) atoms. The normalized spacial score (nSPS) is 52.8. The monoisotopic (exact) mass is 165 g/mol. The predicted molar refractivity (Wildman–Crippen MR) is 50.0 cm³/mol. The lowest BCUT2D eigenvalue weighted by Gasteiger charge is -2.33. The summed E-state index contributed by atoms with van der Waals surface area (Å²) < 4.78 is 0. The Morgan fingerprint density at radius 2 is 2.08 bits per heavy atom. The van der Waals surface area contributed by atoms with Gasteiger partial charge < -0.3 is 4.90 Å². The molecule has 3 rings (SSSR count). The van der Waals surface area contributed by atoms with Crippen molar-refractivity contribution in [3.8, 4) is 0 Å². The molecule has 1 aliphatic heterocycles. The van der Waals surface area contributed by atoms with E-state index in [0.29, 0.717) is 0 Å². The van der Waals surface area contributed by atoms with Gasteiger partial charge in [0.1, 0.15) is 0 Å². The molecule has 0 aromatic rings. The predicted octanol–water partition coefficient (Wildman–Crippen LogP) is 2.13. The number of hydrogen-bond donors (Lipinski definition) is 0. The van der Waals surface area contributed by atoms with Crippen molar-refractivity contribution in [2.45, 2.75) is 38.1 Å². The van der Waals surface area contributed by atoms with E-state index in [1.807, 2.05) is 0 Å². The maximum atomic E-state index is 2.64. The summed E-state index contributed by atoms with van der Waals surface area (Å²) in [6.07, 6.45) is 7.69. The first-order valence-electron chi connectivity index (χ1n) is 5.55. The highest BCUT2D eigenvalue weighted by Crippen LogP contribution is 2.49. The molecular formula is C11H19N. The van der Waals surface area contributed by atoms with E-state index in [2.05, 4.69) is 11.9 Å². The molecule has 68 valence electrons. The van der Waals surface area contributed by atoms with Gasteiger partial charge in [-0.05, 0) is 44.1 Å². The van der Waals surface area contributed by atoms with E-state index in [4.69, 9.17) is 0 Å². The van der Waals surface area contributed by atoms with Gasteiger partial charge >= 0.3 is 0 Å². The van der Waals surface area contributed by atoms with Crippen molar-refractivity contribution in [1.82, 2.24) is 4.90 Å². The van der Waals surface area contributed by atoms with Crippen LogP contribution >= 0.6 is 0 Å². The fraction of sp³-hybridized carbons (Fsp3) is 1.00. The van der Waals surface area contributed by atoms with Crippen molar-refractivity contribution in [3.05, 3.63) is 0 Å². The van der Waals surface area contributed by atoms with Crippen LogP contribution in [-0.4, -0.2) is 24.5 Å². The van der Waals surface area contributed by atoms with Crippen molar-refractivity contribution in [2.75, 3.05) is 13.6 Å². The lowest BCUT2D eigenvalue weighted by atomic mass is 9.76. The zero-order chi connectivity index (χ0) is 8.13. The second-order valence-electron chi connectivity index (χ2n) is 5.20. The van der Waals surface area contributed by atoms with E-state index in [-0.39, 0.29) is 0 Å². The zero-order valence-electron chi connectivity index (χ0n) is 8.00. The van der Waals surface area contributed by atoms with Crippen molar-refractivity contribution in [2.24, 2.45) is 17.8 Å². The molecule has 1 heteroatoms. The van der Waals surface area contributed by atoms with Crippen LogP contribution in [0.2, 0.25) is 0 Å². The third-order valence-corrected chi connectivity index (χ3v) is 4.54. The Bertz CT molecular complexity index is 189. The average molecular weight is 165 g/mol. The smallest absolute Gasteiger partial charge is 0.0126 e. The molecule has 0 amide bonds. The van der Waals surface area contributed by atoms with Crippen LogP contribution in [0.1, 0.15) is 32.1 Å². The number of nitrogens with zero attached hydrogens (tertiary/aromatic N) is 1. The highest BCUT2D eigenvalue weighted by atomic mass is 15.2. The summed E-state index contributed by atoms with van der Waals surface area (Å²) in [6, 6.07) is 0.983. The molecule has 0 spiro atoms. The molecule has 4 unspecified atom stereocenters. The molecule has 2 aliphatic carbocycles. The van der Waals surface area contributed by atoms with E-state index < -0.39 is 0 Å². The van der Waals surface area contributed by atoms with E-state index in [1.165, 1.54) is 25.8 Å². The molecular weight excluding hydrogens is 146 g/mol. The van der Waals surface area contributed by atoms with Gasteiger partial charge in [-0.2, -0.15) is 0 Å². The zero-order valence-corrected chi connectivity index (χ0v) is 8.00. The maximum Gasteiger partial charge on any atom is 0.0126 e. The summed E-state index contributed by atoms with van der Waals surface area (Å²) in [5.74, 6) is 3.28. The lowest BCUT2D eigenvalue weighted by molar-refractivity contribution is 0.173. The van der Waals surface area contributed by atoms with E-state index >= 15 is 0 Å². The number of fused-ring (bicyclic) bond motifs is 4. The topological polar surface area (TPSA) is 3.24 Å². The van der Waals surface area contributed by atoms with Crippen LogP contribution in [0, 0.1) is 17.8 Å². The number of rotatable bonds is 0. The van der Waals surface area contributed by atoms with Crippen LogP contribution in [0.25, 0.3) is 0 Å². The fourth-order valence-corrected chi connectivity index (χ4v) is 4.10. The first-order valence-corrected chi connectivity index (χ1v) is 5.55. The van der Waals surface area contributed by atoms with Crippen LogP contribution < -0.4 is 0 Å². The Hall–Kier alpha value is -0.0400. The average Bonchev–Trinajstić information content (AvgIpc) is 2.59. The van der Waals surface area contributed by atoms with Gasteiger partial charge in [-0.1, -0.05) is 12.8 Å². The van der Waals surface area contributed by atoms with Gasteiger partial charge in [0.15, 0.2) is 0 Å². The van der Waals surface area contributed by atoms with Gasteiger partial charge in [0.2, 0.25) is 0 Å². The third-order valence-electron chi connectivity index (χ3n) is 4.54. The minimum atomic E-state index is 0.983. The first-order chi connectivity index (χ1) is 5.84. The summed E-state index contributed by atoms with van der Waals surface area (Å²) >= 11 is 0. The maximum absolute atomic E-state index is 2.64. The first kappa shape index (κ1) is 7.37. The molecule has 0 aromatic heterocycles. The molecule has 3 fully saturated rings. The summed E-state index contributed by atoms with van der Waals surface area (Å²) in [6.45, 7) is 1.40. The minimum Gasteiger partial charge on any atom is -0.303 e. The largest absolute Gasteiger partial charge is 0.303 e. The standard InChI is InChI=1S/C11H19N/c1-12-7-8-5-9-3-2-4-10(9)11(12)6-8/h8-11H,2-7H2,1H3. The van der Waals surface area contributed by atoms with Gasteiger partial charge in [-0.25, -0.2) is 0 Å². The van der Waals surface area contributed by atoms with Crippen molar-refractivity contribution in [1.29, 1.82) is 0 Å². The van der Waals surface area contributed by atoms with E-state index in [9.17, 15) is 0 Å². The molecule has 0 aromatic carbocycles. The van der Waals surface area contributed by atoms with Crippen molar-refractivity contribution < 1.29 is 0 Å².